The van der Waals surface area contributed by atoms with Gasteiger partial charge in [-0.15, -0.1) is 10.2 Å². The number of hydrogen-bond acceptors (Lipinski definition) is 8. The van der Waals surface area contributed by atoms with E-state index in [1.807, 2.05) is 6.07 Å². The smallest absolute Gasteiger partial charge is 0.221 e. The number of rotatable bonds is 4. The third-order valence-electron chi connectivity index (χ3n) is 5.69. The van der Waals surface area contributed by atoms with Crippen molar-refractivity contribution >= 4 is 11.8 Å². The number of piperidine rings is 2. The highest BCUT2D eigenvalue weighted by atomic mass is 16.3. The molecule has 0 bridgehead atoms. The van der Waals surface area contributed by atoms with Gasteiger partial charge < -0.3 is 20.3 Å². The minimum atomic E-state index is -0.152. The summed E-state index contributed by atoms with van der Waals surface area (Å²) in [5.41, 5.74) is 5.74. The van der Waals surface area contributed by atoms with Crippen molar-refractivity contribution in [1.29, 1.82) is 0 Å². The third-order valence-corrected chi connectivity index (χ3v) is 5.69. The van der Waals surface area contributed by atoms with Gasteiger partial charge in [-0.3, -0.25) is 4.90 Å². The first-order chi connectivity index (χ1) is 13.1. The Hall–Kier alpha value is -2.26. The van der Waals surface area contributed by atoms with Gasteiger partial charge in [-0.1, -0.05) is 0 Å². The van der Waals surface area contributed by atoms with Gasteiger partial charge in [-0.05, 0) is 31.7 Å². The maximum Gasteiger partial charge on any atom is 0.221 e. The van der Waals surface area contributed by atoms with Gasteiger partial charge >= 0.3 is 0 Å². The van der Waals surface area contributed by atoms with Crippen LogP contribution in [-0.4, -0.2) is 67.0 Å². The summed E-state index contributed by atoms with van der Waals surface area (Å²) in [7, 11) is 2.06. The minimum Gasteiger partial charge on any atom is -0.393 e. The van der Waals surface area contributed by atoms with Gasteiger partial charge in [-0.25, -0.2) is 4.98 Å². The van der Waals surface area contributed by atoms with Gasteiger partial charge in [0.05, 0.1) is 12.6 Å². The lowest BCUT2D eigenvalue weighted by Crippen LogP contribution is -2.37. The fourth-order valence-corrected chi connectivity index (χ4v) is 4.08. The molecule has 27 heavy (non-hydrogen) atoms. The quantitative estimate of drug-likeness (QED) is 0.800. The second kappa shape index (κ2) is 7.77. The molecule has 1 atom stereocenters. The van der Waals surface area contributed by atoms with E-state index in [4.69, 9.17) is 5.73 Å². The van der Waals surface area contributed by atoms with Gasteiger partial charge in [-0.2, -0.15) is 4.98 Å². The molecule has 0 amide bonds. The van der Waals surface area contributed by atoms with Gasteiger partial charge in [0.2, 0.25) is 5.95 Å². The molecule has 0 spiro atoms. The van der Waals surface area contributed by atoms with Crippen molar-refractivity contribution in [2.75, 3.05) is 36.8 Å². The van der Waals surface area contributed by atoms with Crippen molar-refractivity contribution in [1.82, 2.24) is 29.6 Å². The van der Waals surface area contributed by atoms with E-state index < -0.39 is 0 Å². The number of hydrogen-bond donors (Lipinski definition) is 2. The SMILES string of the molecule is Cn1c(CN2CCC(O)CC2)nnc1[C@@H]1CCCN(c2ccnc(N)n2)C1. The molecule has 2 aromatic rings. The van der Waals surface area contributed by atoms with E-state index in [2.05, 4.69) is 41.6 Å². The summed E-state index contributed by atoms with van der Waals surface area (Å²) >= 11 is 0. The Bertz CT molecular complexity index is 770. The first-order valence-corrected chi connectivity index (χ1v) is 9.72. The van der Waals surface area contributed by atoms with Gasteiger partial charge in [0.15, 0.2) is 0 Å². The second-order valence-electron chi connectivity index (χ2n) is 7.60. The number of nitrogen functional groups attached to an aromatic ring is 1. The van der Waals surface area contributed by atoms with E-state index in [0.717, 1.165) is 75.9 Å². The van der Waals surface area contributed by atoms with E-state index in [1.165, 1.54) is 0 Å². The number of aromatic nitrogens is 5. The highest BCUT2D eigenvalue weighted by Gasteiger charge is 2.27. The van der Waals surface area contributed by atoms with Crippen molar-refractivity contribution in [2.45, 2.75) is 44.2 Å². The Morgan fingerprint density at radius 1 is 1.19 bits per heavy atom. The lowest BCUT2D eigenvalue weighted by Gasteiger charge is -2.33. The lowest BCUT2D eigenvalue weighted by atomic mass is 9.97. The van der Waals surface area contributed by atoms with Crippen LogP contribution in [0.5, 0.6) is 0 Å². The maximum absolute atomic E-state index is 9.68. The number of likely N-dealkylation sites (tertiary alicyclic amines) is 1. The number of aliphatic hydroxyl groups is 1. The summed E-state index contributed by atoms with van der Waals surface area (Å²) in [6.07, 6.45) is 5.41. The Labute approximate surface area is 159 Å². The highest BCUT2D eigenvalue weighted by molar-refractivity contribution is 5.42. The fraction of sp³-hybridized carbons (Fsp3) is 0.667. The van der Waals surface area contributed by atoms with Crippen LogP contribution in [0.3, 0.4) is 0 Å². The predicted octanol–water partition coefficient (Wildman–Crippen LogP) is 0.528. The van der Waals surface area contributed by atoms with Crippen LogP contribution in [0.25, 0.3) is 0 Å². The number of aliphatic hydroxyl groups excluding tert-OH is 1. The number of nitrogens with zero attached hydrogens (tertiary/aromatic N) is 7. The third kappa shape index (κ3) is 4.03. The zero-order valence-corrected chi connectivity index (χ0v) is 15.8. The molecule has 2 fully saturated rings. The summed E-state index contributed by atoms with van der Waals surface area (Å²) in [4.78, 5) is 12.9. The van der Waals surface area contributed by atoms with Crippen molar-refractivity contribution in [3.63, 3.8) is 0 Å². The summed E-state index contributed by atoms with van der Waals surface area (Å²) in [5, 5.41) is 18.7. The Morgan fingerprint density at radius 2 is 2.00 bits per heavy atom. The molecular weight excluding hydrogens is 344 g/mol. The second-order valence-corrected chi connectivity index (χ2v) is 7.60. The molecule has 2 aliphatic heterocycles. The fourth-order valence-electron chi connectivity index (χ4n) is 4.08. The van der Waals surface area contributed by atoms with Crippen molar-refractivity contribution in [3.05, 3.63) is 23.9 Å². The van der Waals surface area contributed by atoms with Crippen LogP contribution in [-0.2, 0) is 13.6 Å². The van der Waals surface area contributed by atoms with Crippen LogP contribution in [0.15, 0.2) is 12.3 Å². The number of anilines is 2. The standard InChI is InChI=1S/C18H28N8O/c1-24-16(12-25-9-5-14(27)6-10-25)22-23-17(24)13-3-2-8-26(11-13)15-4-7-20-18(19)21-15/h4,7,13-14,27H,2-3,5-6,8-12H2,1H3,(H2,19,20,21)/t13-/m1/s1. The normalized spacial score (nSPS) is 22.3. The summed E-state index contributed by atoms with van der Waals surface area (Å²) in [6, 6.07) is 1.91. The van der Waals surface area contributed by atoms with Crippen molar-refractivity contribution in [3.8, 4) is 0 Å². The van der Waals surface area contributed by atoms with E-state index in [0.29, 0.717) is 11.9 Å². The molecule has 0 unspecified atom stereocenters. The molecule has 2 aromatic heterocycles. The molecule has 0 aliphatic carbocycles. The van der Waals surface area contributed by atoms with E-state index >= 15 is 0 Å². The van der Waals surface area contributed by atoms with Gasteiger partial charge in [0.1, 0.15) is 17.5 Å². The van der Waals surface area contributed by atoms with Gasteiger partial charge in [0, 0.05) is 45.3 Å². The minimum absolute atomic E-state index is 0.152. The van der Waals surface area contributed by atoms with Crippen LogP contribution in [0.4, 0.5) is 11.8 Å². The van der Waals surface area contributed by atoms with Crippen LogP contribution < -0.4 is 10.6 Å². The zero-order valence-electron chi connectivity index (χ0n) is 15.8. The average Bonchev–Trinajstić information content (AvgIpc) is 3.04. The molecule has 146 valence electrons. The van der Waals surface area contributed by atoms with Crippen LogP contribution in [0.2, 0.25) is 0 Å². The molecule has 0 aromatic carbocycles. The molecule has 0 radical (unpaired) electrons. The van der Waals surface area contributed by atoms with Crippen LogP contribution in [0.1, 0.15) is 43.3 Å². The first-order valence-electron chi connectivity index (χ1n) is 9.72. The first kappa shape index (κ1) is 18.1. The molecule has 9 heteroatoms. The largest absolute Gasteiger partial charge is 0.393 e. The zero-order chi connectivity index (χ0) is 18.8. The van der Waals surface area contributed by atoms with E-state index in [-0.39, 0.29) is 6.10 Å². The summed E-state index contributed by atoms with van der Waals surface area (Å²) < 4.78 is 2.15. The molecule has 3 N–H and O–H groups in total. The molecular formula is C18H28N8O. The molecule has 4 rings (SSSR count). The monoisotopic (exact) mass is 372 g/mol. The Kier molecular flexibility index (Phi) is 5.22. The van der Waals surface area contributed by atoms with Crippen LogP contribution in [0, 0.1) is 0 Å². The molecule has 4 heterocycles. The summed E-state index contributed by atoms with van der Waals surface area (Å²) in [5.74, 6) is 3.53. The van der Waals surface area contributed by atoms with Crippen molar-refractivity contribution in [2.24, 2.45) is 7.05 Å². The molecule has 2 aliphatic rings. The lowest BCUT2D eigenvalue weighted by molar-refractivity contribution is 0.0775. The maximum atomic E-state index is 9.68. The highest BCUT2D eigenvalue weighted by Crippen LogP contribution is 2.28. The number of nitrogens with two attached hydrogens (primary N) is 1. The average molecular weight is 372 g/mol. The molecule has 0 saturated carbocycles. The topological polar surface area (TPSA) is 109 Å². The Morgan fingerprint density at radius 3 is 2.78 bits per heavy atom. The molecule has 2 saturated heterocycles. The summed E-state index contributed by atoms with van der Waals surface area (Å²) in [6.45, 7) is 4.44. The predicted molar refractivity (Wildman–Crippen MR) is 102 cm³/mol. The molecule has 9 nitrogen and oxygen atoms in total. The van der Waals surface area contributed by atoms with Gasteiger partial charge in [0.25, 0.3) is 0 Å². The van der Waals surface area contributed by atoms with Crippen molar-refractivity contribution < 1.29 is 5.11 Å². The Balaban J connectivity index is 1.44. The van der Waals surface area contributed by atoms with E-state index in [9.17, 15) is 5.11 Å². The van der Waals surface area contributed by atoms with Crippen LogP contribution >= 0.6 is 0 Å². The van der Waals surface area contributed by atoms with E-state index in [1.54, 1.807) is 6.20 Å².